The van der Waals surface area contributed by atoms with Crippen molar-refractivity contribution in [3.05, 3.63) is 47.0 Å². The van der Waals surface area contributed by atoms with Crippen molar-refractivity contribution in [3.8, 4) is 0 Å². The number of carbonyl (C=O) groups is 1. The van der Waals surface area contributed by atoms with E-state index in [9.17, 15) is 9.18 Å². The van der Waals surface area contributed by atoms with Crippen molar-refractivity contribution in [3.63, 3.8) is 0 Å². The second kappa shape index (κ2) is 5.73. The van der Waals surface area contributed by atoms with E-state index in [4.69, 9.17) is 0 Å². The third-order valence-electron chi connectivity index (χ3n) is 3.19. The summed E-state index contributed by atoms with van der Waals surface area (Å²) in [6.45, 7) is 2.45. The number of carbonyl (C=O) groups excluding carboxylic acids is 1. The summed E-state index contributed by atoms with van der Waals surface area (Å²) in [6, 6.07) is 3.97. The first-order valence-corrected chi connectivity index (χ1v) is 6.12. The number of rotatable bonds is 4. The van der Waals surface area contributed by atoms with Gasteiger partial charge < -0.3 is 10.1 Å². The molecule has 106 valence electrons. The zero-order valence-electron chi connectivity index (χ0n) is 11.6. The quantitative estimate of drug-likeness (QED) is 0.871. The van der Waals surface area contributed by atoms with E-state index >= 15 is 0 Å². The van der Waals surface area contributed by atoms with Crippen molar-refractivity contribution < 1.29 is 13.9 Å². The summed E-state index contributed by atoms with van der Waals surface area (Å²) in [5.74, 6) is -1.05. The molecule has 0 atom stereocenters. The van der Waals surface area contributed by atoms with Crippen LogP contribution in [0.15, 0.2) is 24.4 Å². The summed E-state index contributed by atoms with van der Waals surface area (Å²) in [4.78, 5) is 11.6. The first kappa shape index (κ1) is 14.0. The fraction of sp³-hybridized carbons (Fsp3) is 0.286. The van der Waals surface area contributed by atoms with Crippen LogP contribution in [0.3, 0.4) is 0 Å². The molecule has 6 heteroatoms. The molecule has 2 rings (SSSR count). The number of methoxy groups -OCH3 is 1. The SMILES string of the molecule is COC(=O)c1cc(F)ccc1NCc1cnn(C)c1C. The van der Waals surface area contributed by atoms with E-state index in [0.717, 1.165) is 17.3 Å². The van der Waals surface area contributed by atoms with Crippen LogP contribution < -0.4 is 5.32 Å². The highest BCUT2D eigenvalue weighted by Crippen LogP contribution is 2.19. The maximum absolute atomic E-state index is 13.2. The van der Waals surface area contributed by atoms with E-state index in [0.29, 0.717) is 12.2 Å². The number of halogens is 1. The van der Waals surface area contributed by atoms with Crippen LogP contribution in [0.2, 0.25) is 0 Å². The minimum atomic E-state index is -0.574. The lowest BCUT2D eigenvalue weighted by Crippen LogP contribution is -2.09. The Labute approximate surface area is 116 Å². The Kier molecular flexibility index (Phi) is 4.02. The fourth-order valence-electron chi connectivity index (χ4n) is 1.86. The van der Waals surface area contributed by atoms with E-state index in [2.05, 4.69) is 15.2 Å². The molecule has 0 bridgehead atoms. The lowest BCUT2D eigenvalue weighted by atomic mass is 10.1. The number of nitrogens with one attached hydrogen (secondary N) is 1. The van der Waals surface area contributed by atoms with Gasteiger partial charge in [0.15, 0.2) is 0 Å². The minimum absolute atomic E-state index is 0.175. The Hall–Kier alpha value is -2.37. The molecule has 0 aliphatic heterocycles. The average Bonchev–Trinajstić information content (AvgIpc) is 2.76. The van der Waals surface area contributed by atoms with Gasteiger partial charge in [0.25, 0.3) is 0 Å². The number of aromatic nitrogens is 2. The van der Waals surface area contributed by atoms with Crippen molar-refractivity contribution >= 4 is 11.7 Å². The van der Waals surface area contributed by atoms with Crippen molar-refractivity contribution in [2.75, 3.05) is 12.4 Å². The number of benzene rings is 1. The molecular weight excluding hydrogens is 261 g/mol. The van der Waals surface area contributed by atoms with Crippen molar-refractivity contribution in [2.24, 2.45) is 7.05 Å². The lowest BCUT2D eigenvalue weighted by molar-refractivity contribution is 0.0601. The highest BCUT2D eigenvalue weighted by molar-refractivity contribution is 5.95. The van der Waals surface area contributed by atoms with Gasteiger partial charge in [0, 0.05) is 30.5 Å². The zero-order valence-corrected chi connectivity index (χ0v) is 11.6. The predicted molar refractivity (Wildman–Crippen MR) is 73.0 cm³/mol. The van der Waals surface area contributed by atoms with Crippen LogP contribution in [-0.4, -0.2) is 22.9 Å². The van der Waals surface area contributed by atoms with Gasteiger partial charge in [-0.2, -0.15) is 5.10 Å². The van der Waals surface area contributed by atoms with E-state index in [1.54, 1.807) is 10.9 Å². The summed E-state index contributed by atoms with van der Waals surface area (Å²) in [6.07, 6.45) is 1.75. The number of esters is 1. The number of hydrogen-bond donors (Lipinski definition) is 1. The molecule has 0 radical (unpaired) electrons. The third kappa shape index (κ3) is 2.79. The molecule has 5 nitrogen and oxygen atoms in total. The topological polar surface area (TPSA) is 56.1 Å². The van der Waals surface area contributed by atoms with Gasteiger partial charge >= 0.3 is 5.97 Å². The molecule has 1 aromatic heterocycles. The maximum Gasteiger partial charge on any atom is 0.340 e. The van der Waals surface area contributed by atoms with E-state index < -0.39 is 11.8 Å². The third-order valence-corrected chi connectivity index (χ3v) is 3.19. The minimum Gasteiger partial charge on any atom is -0.465 e. The largest absolute Gasteiger partial charge is 0.465 e. The monoisotopic (exact) mass is 277 g/mol. The van der Waals surface area contributed by atoms with Crippen molar-refractivity contribution in [1.82, 2.24) is 9.78 Å². The summed E-state index contributed by atoms with van der Waals surface area (Å²) >= 11 is 0. The molecular formula is C14H16FN3O2. The molecule has 0 saturated heterocycles. The van der Waals surface area contributed by atoms with Crippen LogP contribution >= 0.6 is 0 Å². The fourth-order valence-corrected chi connectivity index (χ4v) is 1.86. The van der Waals surface area contributed by atoms with Crippen molar-refractivity contribution in [2.45, 2.75) is 13.5 Å². The number of ether oxygens (including phenoxy) is 1. The number of anilines is 1. The summed E-state index contributed by atoms with van der Waals surface area (Å²) in [7, 11) is 3.12. The molecule has 0 amide bonds. The van der Waals surface area contributed by atoms with Crippen LogP contribution in [0.25, 0.3) is 0 Å². The molecule has 20 heavy (non-hydrogen) atoms. The Morgan fingerprint density at radius 1 is 1.50 bits per heavy atom. The zero-order chi connectivity index (χ0) is 14.7. The molecule has 2 aromatic rings. The first-order valence-electron chi connectivity index (χ1n) is 6.12. The number of aryl methyl sites for hydroxylation is 1. The highest BCUT2D eigenvalue weighted by Gasteiger charge is 2.13. The van der Waals surface area contributed by atoms with Gasteiger partial charge in [-0.15, -0.1) is 0 Å². The number of hydrogen-bond acceptors (Lipinski definition) is 4. The van der Waals surface area contributed by atoms with Crippen LogP contribution in [0.4, 0.5) is 10.1 Å². The summed E-state index contributed by atoms with van der Waals surface area (Å²) in [5.41, 5.74) is 2.74. The van der Waals surface area contributed by atoms with Crippen LogP contribution in [0.5, 0.6) is 0 Å². The lowest BCUT2D eigenvalue weighted by Gasteiger charge is -2.10. The van der Waals surface area contributed by atoms with Gasteiger partial charge in [-0.3, -0.25) is 4.68 Å². The van der Waals surface area contributed by atoms with Crippen LogP contribution in [0, 0.1) is 12.7 Å². The average molecular weight is 277 g/mol. The second-order valence-corrected chi connectivity index (χ2v) is 4.41. The van der Waals surface area contributed by atoms with E-state index in [1.807, 2.05) is 14.0 Å². The van der Waals surface area contributed by atoms with E-state index in [-0.39, 0.29) is 5.56 Å². The summed E-state index contributed by atoms with van der Waals surface area (Å²) < 4.78 is 19.6. The molecule has 1 N–H and O–H groups in total. The molecule has 1 heterocycles. The van der Waals surface area contributed by atoms with Gasteiger partial charge in [-0.05, 0) is 25.1 Å². The molecule has 0 unspecified atom stereocenters. The Bertz CT molecular complexity index is 637. The molecule has 1 aromatic carbocycles. The number of nitrogens with zero attached hydrogens (tertiary/aromatic N) is 2. The molecule has 0 saturated carbocycles. The molecule has 0 spiro atoms. The van der Waals surface area contributed by atoms with Gasteiger partial charge in [-0.25, -0.2) is 9.18 Å². The normalized spacial score (nSPS) is 10.4. The van der Waals surface area contributed by atoms with Crippen LogP contribution in [0.1, 0.15) is 21.6 Å². The standard InChI is InChI=1S/C14H16FN3O2/c1-9-10(8-17-18(9)2)7-16-13-5-4-11(15)6-12(13)14(19)20-3/h4-6,8,16H,7H2,1-3H3. The second-order valence-electron chi connectivity index (χ2n) is 4.41. The van der Waals surface area contributed by atoms with Gasteiger partial charge in [0.2, 0.25) is 0 Å². The highest BCUT2D eigenvalue weighted by atomic mass is 19.1. The van der Waals surface area contributed by atoms with Crippen LogP contribution in [-0.2, 0) is 18.3 Å². The Morgan fingerprint density at radius 2 is 2.25 bits per heavy atom. The Morgan fingerprint density at radius 3 is 2.85 bits per heavy atom. The first-order chi connectivity index (χ1) is 9.52. The Balaban J connectivity index is 2.21. The van der Waals surface area contributed by atoms with Gasteiger partial charge in [0.05, 0.1) is 18.9 Å². The van der Waals surface area contributed by atoms with E-state index in [1.165, 1.54) is 19.2 Å². The van der Waals surface area contributed by atoms with Gasteiger partial charge in [-0.1, -0.05) is 0 Å². The molecule has 0 aliphatic rings. The van der Waals surface area contributed by atoms with Crippen molar-refractivity contribution in [1.29, 1.82) is 0 Å². The predicted octanol–water partition coefficient (Wildman–Crippen LogP) is 2.27. The summed E-state index contributed by atoms with van der Waals surface area (Å²) in [5, 5.41) is 7.25. The maximum atomic E-state index is 13.2. The van der Waals surface area contributed by atoms with Gasteiger partial charge in [0.1, 0.15) is 5.82 Å². The molecule has 0 aliphatic carbocycles. The molecule has 0 fully saturated rings. The smallest absolute Gasteiger partial charge is 0.340 e.